The van der Waals surface area contributed by atoms with E-state index >= 15 is 0 Å². The number of phosphoric acid groups is 1. The Kier molecular flexibility index (Phi) is 6.10. The smallest absolute Gasteiger partial charge is 0.387 e. The highest BCUT2D eigenvalue weighted by molar-refractivity contribution is 7.46. The highest BCUT2D eigenvalue weighted by atomic mass is 31.2. The van der Waals surface area contributed by atoms with Crippen molar-refractivity contribution in [3.63, 3.8) is 0 Å². The third-order valence-corrected chi connectivity index (χ3v) is 4.64. The minimum atomic E-state index is -4.73. The Balaban J connectivity index is 1.81. The quantitative estimate of drug-likeness (QED) is 0.303. The Morgan fingerprint density at radius 3 is 2.75 bits per heavy atom. The van der Waals surface area contributed by atoms with Crippen molar-refractivity contribution in [3.8, 4) is 0 Å². The average Bonchev–Trinajstić information content (AvgIpc) is 3.15. The number of hydrogen-bond donors (Lipinski definition) is 5. The third kappa shape index (κ3) is 4.55. The molecule has 5 N–H and O–H groups in total. The molecule has 12 nitrogen and oxygen atoms in total. The van der Waals surface area contributed by atoms with E-state index in [0.717, 1.165) is 5.57 Å². The highest BCUT2D eigenvalue weighted by Crippen LogP contribution is 2.38. The van der Waals surface area contributed by atoms with Crippen LogP contribution in [0.4, 0.5) is 5.82 Å². The predicted molar refractivity (Wildman–Crippen MR) is 97.2 cm³/mol. The molecule has 0 saturated carbocycles. The fraction of sp³-hybridized carbons (Fsp3) is 0.533. The Labute approximate surface area is 160 Å². The Morgan fingerprint density at radius 1 is 1.32 bits per heavy atom. The molecular weight excluding hydrogens is 393 g/mol. The van der Waals surface area contributed by atoms with Crippen molar-refractivity contribution in [1.82, 2.24) is 19.5 Å². The van der Waals surface area contributed by atoms with Crippen molar-refractivity contribution in [2.24, 2.45) is 0 Å². The van der Waals surface area contributed by atoms with E-state index in [1.54, 1.807) is 0 Å². The van der Waals surface area contributed by atoms with Gasteiger partial charge in [-0.25, -0.2) is 19.5 Å². The van der Waals surface area contributed by atoms with E-state index in [1.165, 1.54) is 17.2 Å². The second kappa shape index (κ2) is 8.21. The van der Waals surface area contributed by atoms with E-state index in [4.69, 9.17) is 14.5 Å². The average molecular weight is 415 g/mol. The van der Waals surface area contributed by atoms with Gasteiger partial charge < -0.3 is 30.1 Å². The fourth-order valence-electron chi connectivity index (χ4n) is 2.79. The molecule has 1 aliphatic rings. The number of aliphatic hydroxyl groups excluding tert-OH is 2. The van der Waals surface area contributed by atoms with E-state index in [1.807, 2.05) is 19.9 Å². The molecule has 0 aliphatic carbocycles. The first-order valence-electron chi connectivity index (χ1n) is 8.44. The summed E-state index contributed by atoms with van der Waals surface area (Å²) >= 11 is 0. The lowest BCUT2D eigenvalue weighted by atomic mass is 10.1. The summed E-state index contributed by atoms with van der Waals surface area (Å²) in [5.41, 5.74) is 1.95. The molecule has 0 aromatic carbocycles. The van der Waals surface area contributed by atoms with Gasteiger partial charge in [0, 0.05) is 6.54 Å². The number of nitrogens with one attached hydrogen (secondary N) is 1. The molecule has 0 bridgehead atoms. The van der Waals surface area contributed by atoms with Crippen molar-refractivity contribution < 1.29 is 33.8 Å². The lowest BCUT2D eigenvalue weighted by Gasteiger charge is -2.16. The van der Waals surface area contributed by atoms with E-state index in [9.17, 15) is 14.8 Å². The number of anilines is 1. The maximum atomic E-state index is 10.9. The molecule has 0 spiro atoms. The molecular formula is C15H22N5O7P. The van der Waals surface area contributed by atoms with Gasteiger partial charge in [-0.3, -0.25) is 9.09 Å². The first kappa shape index (κ1) is 20.8. The van der Waals surface area contributed by atoms with Gasteiger partial charge in [0.15, 0.2) is 23.2 Å². The van der Waals surface area contributed by atoms with Crippen molar-refractivity contribution in [2.75, 3.05) is 18.5 Å². The lowest BCUT2D eigenvalue weighted by molar-refractivity contribution is -0.0504. The molecule has 3 rings (SSSR count). The van der Waals surface area contributed by atoms with Crippen LogP contribution in [0, 0.1) is 0 Å². The predicted octanol–water partition coefficient (Wildman–Crippen LogP) is -0.0671. The molecule has 3 heterocycles. The van der Waals surface area contributed by atoms with E-state index < -0.39 is 39.0 Å². The zero-order valence-electron chi connectivity index (χ0n) is 15.2. The molecule has 0 amide bonds. The van der Waals surface area contributed by atoms with Gasteiger partial charge in [-0.1, -0.05) is 11.6 Å². The van der Waals surface area contributed by atoms with E-state index in [-0.39, 0.29) is 0 Å². The van der Waals surface area contributed by atoms with Crippen LogP contribution in [-0.2, 0) is 13.8 Å². The first-order valence-corrected chi connectivity index (χ1v) is 9.97. The van der Waals surface area contributed by atoms with Crippen LogP contribution in [0.3, 0.4) is 0 Å². The van der Waals surface area contributed by atoms with Crippen molar-refractivity contribution in [3.05, 3.63) is 24.3 Å². The number of rotatable bonds is 7. The molecule has 154 valence electrons. The molecule has 1 fully saturated rings. The molecule has 28 heavy (non-hydrogen) atoms. The van der Waals surface area contributed by atoms with E-state index in [0.29, 0.717) is 23.5 Å². The van der Waals surface area contributed by atoms with Crippen LogP contribution in [0.5, 0.6) is 0 Å². The number of nitrogens with zero attached hydrogens (tertiary/aromatic N) is 4. The number of hydrogen-bond acceptors (Lipinski definition) is 9. The topological polar surface area (TPSA) is 172 Å². The van der Waals surface area contributed by atoms with Crippen LogP contribution in [0.2, 0.25) is 0 Å². The van der Waals surface area contributed by atoms with Gasteiger partial charge in [0.2, 0.25) is 0 Å². The largest absolute Gasteiger partial charge is 0.469 e. The summed E-state index contributed by atoms with van der Waals surface area (Å²) < 4.78 is 22.2. The van der Waals surface area contributed by atoms with Crippen LogP contribution in [0.1, 0.15) is 20.1 Å². The summed E-state index contributed by atoms with van der Waals surface area (Å²) in [5.74, 6) is 0.496. The second-order valence-electron chi connectivity index (χ2n) is 6.54. The van der Waals surface area contributed by atoms with Crippen LogP contribution in [-0.4, -0.2) is 71.0 Å². The van der Waals surface area contributed by atoms with Crippen LogP contribution >= 0.6 is 7.82 Å². The minimum Gasteiger partial charge on any atom is -0.387 e. The third-order valence-electron chi connectivity index (χ3n) is 4.16. The SMILES string of the molecule is CC(C)=CCNc1ncnc2c1ncn2[C@@H]1O[C@H](COP(=O)(O)O)[C@@H](O)[C@H]1O. The highest BCUT2D eigenvalue weighted by Gasteiger charge is 2.45. The Morgan fingerprint density at radius 2 is 2.07 bits per heavy atom. The minimum absolute atomic E-state index is 0.363. The number of aromatic nitrogens is 4. The number of aliphatic hydroxyl groups is 2. The van der Waals surface area contributed by atoms with Crippen LogP contribution < -0.4 is 5.32 Å². The van der Waals surface area contributed by atoms with Crippen LogP contribution in [0.15, 0.2) is 24.3 Å². The van der Waals surface area contributed by atoms with Crippen molar-refractivity contribution in [1.29, 1.82) is 0 Å². The second-order valence-corrected chi connectivity index (χ2v) is 7.78. The lowest BCUT2D eigenvalue weighted by Crippen LogP contribution is -2.33. The molecule has 0 unspecified atom stereocenters. The van der Waals surface area contributed by atoms with Gasteiger partial charge in [0.1, 0.15) is 24.6 Å². The van der Waals surface area contributed by atoms with Crippen molar-refractivity contribution in [2.45, 2.75) is 38.4 Å². The molecule has 4 atom stereocenters. The van der Waals surface area contributed by atoms with Gasteiger partial charge >= 0.3 is 7.82 Å². The molecule has 2 aromatic heterocycles. The summed E-state index contributed by atoms with van der Waals surface area (Å²) in [7, 11) is -4.73. The fourth-order valence-corrected chi connectivity index (χ4v) is 3.13. The summed E-state index contributed by atoms with van der Waals surface area (Å²) in [5, 5.41) is 23.6. The summed E-state index contributed by atoms with van der Waals surface area (Å²) in [6.07, 6.45) is -0.286. The van der Waals surface area contributed by atoms with Gasteiger partial charge in [0.05, 0.1) is 12.9 Å². The maximum absolute atomic E-state index is 10.9. The van der Waals surface area contributed by atoms with E-state index in [2.05, 4.69) is 24.8 Å². The molecule has 2 aromatic rings. The van der Waals surface area contributed by atoms with Crippen molar-refractivity contribution >= 4 is 24.8 Å². The van der Waals surface area contributed by atoms with Gasteiger partial charge in [0.25, 0.3) is 0 Å². The number of allylic oxidation sites excluding steroid dienone is 1. The monoisotopic (exact) mass is 415 g/mol. The van der Waals surface area contributed by atoms with Crippen LogP contribution in [0.25, 0.3) is 11.2 Å². The Bertz CT molecular complexity index is 909. The number of imidazole rings is 1. The normalized spacial score (nSPS) is 25.2. The first-order chi connectivity index (χ1) is 13.2. The molecule has 1 aliphatic heterocycles. The summed E-state index contributed by atoms with van der Waals surface area (Å²) in [4.78, 5) is 30.2. The molecule has 13 heteroatoms. The zero-order valence-corrected chi connectivity index (χ0v) is 16.1. The molecule has 1 saturated heterocycles. The summed E-state index contributed by atoms with van der Waals surface area (Å²) in [6.45, 7) is 3.91. The number of ether oxygens (including phenoxy) is 1. The summed E-state index contributed by atoms with van der Waals surface area (Å²) in [6, 6.07) is 0. The maximum Gasteiger partial charge on any atom is 0.469 e. The van der Waals surface area contributed by atoms with Gasteiger partial charge in [-0.05, 0) is 13.8 Å². The van der Waals surface area contributed by atoms with Gasteiger partial charge in [-0.2, -0.15) is 0 Å². The standard InChI is InChI=1S/C15H22N5O7P/c1-8(2)3-4-16-13-10-14(18-6-17-13)20(7-19-10)15-12(22)11(21)9(27-15)5-26-28(23,24)25/h3,6-7,9,11-12,15,21-22H,4-5H2,1-2H3,(H,16,17,18)(H2,23,24,25)/t9-,11-,12-,15-/m1/s1. The number of phosphoric ester groups is 1. The van der Waals surface area contributed by atoms with Gasteiger partial charge in [-0.15, -0.1) is 0 Å². The number of fused-ring (bicyclic) bond motifs is 1. The Hall–Kier alpha value is -1.92. The zero-order chi connectivity index (χ0) is 20.5. The molecule has 0 radical (unpaired) electrons.